The second kappa shape index (κ2) is 4.86. The Bertz CT molecular complexity index is 325. The van der Waals surface area contributed by atoms with Crippen LogP contribution >= 0.6 is 11.3 Å². The van der Waals surface area contributed by atoms with Gasteiger partial charge in [0.25, 0.3) is 0 Å². The van der Waals surface area contributed by atoms with Crippen LogP contribution in [0.4, 0.5) is 0 Å². The highest BCUT2D eigenvalue weighted by Gasteiger charge is 2.38. The second-order valence-corrected chi connectivity index (χ2v) is 6.14. The van der Waals surface area contributed by atoms with Gasteiger partial charge in [-0.15, -0.1) is 11.3 Å². The fourth-order valence-electron chi connectivity index (χ4n) is 2.63. The Labute approximate surface area is 102 Å². The minimum Gasteiger partial charge on any atom is -0.396 e. The van der Waals surface area contributed by atoms with Crippen LogP contribution in [0.15, 0.2) is 17.5 Å². The highest BCUT2D eigenvalue weighted by atomic mass is 32.1. The molecule has 1 aromatic rings. The lowest BCUT2D eigenvalue weighted by Crippen LogP contribution is -2.42. The summed E-state index contributed by atoms with van der Waals surface area (Å²) in [7, 11) is 0. The van der Waals surface area contributed by atoms with Gasteiger partial charge in [-0.3, -0.25) is 0 Å². The number of rotatable bonds is 4. The zero-order valence-electron chi connectivity index (χ0n) is 10.1. The van der Waals surface area contributed by atoms with Crippen LogP contribution in [0.25, 0.3) is 0 Å². The monoisotopic (exact) mass is 239 g/mol. The van der Waals surface area contributed by atoms with Crippen molar-refractivity contribution in [2.45, 2.75) is 45.2 Å². The third-order valence-electron chi connectivity index (χ3n) is 3.86. The standard InChI is InChI=1S/C13H21NOS/c1-10(11-5-4-8-16-11)14-12-6-3-7-13(12,2)9-15/h4-5,8,10,12,14-15H,3,6-7,9H2,1-2H3. The van der Waals surface area contributed by atoms with Gasteiger partial charge in [-0.25, -0.2) is 0 Å². The van der Waals surface area contributed by atoms with Gasteiger partial charge < -0.3 is 10.4 Å². The highest BCUT2D eigenvalue weighted by Crippen LogP contribution is 2.38. The number of aliphatic hydroxyl groups excluding tert-OH is 1. The summed E-state index contributed by atoms with van der Waals surface area (Å²) in [6.45, 7) is 4.70. The summed E-state index contributed by atoms with van der Waals surface area (Å²) in [5, 5.41) is 15.3. The fraction of sp³-hybridized carbons (Fsp3) is 0.692. The first-order chi connectivity index (χ1) is 7.65. The van der Waals surface area contributed by atoms with E-state index in [9.17, 15) is 5.11 Å². The Morgan fingerprint density at radius 2 is 2.50 bits per heavy atom. The summed E-state index contributed by atoms with van der Waals surface area (Å²) in [6, 6.07) is 5.12. The molecule has 90 valence electrons. The molecule has 2 N–H and O–H groups in total. The molecule has 1 fully saturated rings. The maximum atomic E-state index is 9.50. The van der Waals surface area contributed by atoms with Crippen molar-refractivity contribution in [3.05, 3.63) is 22.4 Å². The van der Waals surface area contributed by atoms with Crippen LogP contribution in [0.1, 0.15) is 44.0 Å². The molecule has 0 bridgehead atoms. The summed E-state index contributed by atoms with van der Waals surface area (Å²) in [5.41, 5.74) is 0.0749. The Morgan fingerprint density at radius 3 is 3.12 bits per heavy atom. The molecule has 0 saturated heterocycles. The predicted molar refractivity (Wildman–Crippen MR) is 68.7 cm³/mol. The van der Waals surface area contributed by atoms with Crippen molar-refractivity contribution in [3.63, 3.8) is 0 Å². The normalized spacial score (nSPS) is 31.8. The van der Waals surface area contributed by atoms with Crippen LogP contribution in [-0.2, 0) is 0 Å². The smallest absolute Gasteiger partial charge is 0.0499 e. The number of thiophene rings is 1. The number of nitrogens with one attached hydrogen (secondary N) is 1. The molecule has 1 aliphatic rings. The molecule has 0 aromatic carbocycles. The summed E-state index contributed by atoms with van der Waals surface area (Å²) < 4.78 is 0. The zero-order valence-corrected chi connectivity index (χ0v) is 10.9. The van der Waals surface area contributed by atoms with E-state index in [-0.39, 0.29) is 5.41 Å². The quantitative estimate of drug-likeness (QED) is 0.846. The third kappa shape index (κ3) is 2.31. The van der Waals surface area contributed by atoms with Crippen molar-refractivity contribution in [2.24, 2.45) is 5.41 Å². The lowest BCUT2D eigenvalue weighted by atomic mass is 9.85. The number of hydrogen-bond acceptors (Lipinski definition) is 3. The van der Waals surface area contributed by atoms with E-state index < -0.39 is 0 Å². The van der Waals surface area contributed by atoms with Gasteiger partial charge in [-0.05, 0) is 31.2 Å². The van der Waals surface area contributed by atoms with Crippen molar-refractivity contribution in [2.75, 3.05) is 6.61 Å². The van der Waals surface area contributed by atoms with Crippen LogP contribution in [0.3, 0.4) is 0 Å². The lowest BCUT2D eigenvalue weighted by Gasteiger charge is -2.32. The molecule has 1 heterocycles. The summed E-state index contributed by atoms with van der Waals surface area (Å²) in [6.07, 6.45) is 3.55. The average molecular weight is 239 g/mol. The van der Waals surface area contributed by atoms with E-state index >= 15 is 0 Å². The first-order valence-corrected chi connectivity index (χ1v) is 6.94. The Balaban J connectivity index is 1.99. The summed E-state index contributed by atoms with van der Waals surface area (Å²) in [4.78, 5) is 1.38. The van der Waals surface area contributed by atoms with Crippen molar-refractivity contribution in [1.29, 1.82) is 0 Å². The van der Waals surface area contributed by atoms with Gasteiger partial charge in [-0.2, -0.15) is 0 Å². The van der Waals surface area contributed by atoms with Crippen molar-refractivity contribution < 1.29 is 5.11 Å². The minimum absolute atomic E-state index is 0.0749. The van der Waals surface area contributed by atoms with E-state index in [1.807, 2.05) is 0 Å². The van der Waals surface area contributed by atoms with E-state index in [1.165, 1.54) is 17.7 Å². The van der Waals surface area contributed by atoms with Gasteiger partial charge in [0.15, 0.2) is 0 Å². The van der Waals surface area contributed by atoms with Gasteiger partial charge >= 0.3 is 0 Å². The molecule has 3 heteroatoms. The first kappa shape index (κ1) is 12.1. The SMILES string of the molecule is CC(NC1CCCC1(C)CO)c1cccs1. The fourth-order valence-corrected chi connectivity index (χ4v) is 3.37. The molecule has 16 heavy (non-hydrogen) atoms. The predicted octanol–water partition coefficient (Wildman–Crippen LogP) is 2.95. The summed E-state index contributed by atoms with van der Waals surface area (Å²) >= 11 is 1.80. The zero-order chi connectivity index (χ0) is 11.6. The van der Waals surface area contributed by atoms with E-state index in [0.717, 1.165) is 6.42 Å². The third-order valence-corrected chi connectivity index (χ3v) is 4.92. The molecule has 0 aliphatic heterocycles. The Morgan fingerprint density at radius 1 is 1.69 bits per heavy atom. The topological polar surface area (TPSA) is 32.3 Å². The van der Waals surface area contributed by atoms with Gasteiger partial charge in [-0.1, -0.05) is 19.4 Å². The molecule has 3 atom stereocenters. The van der Waals surface area contributed by atoms with Gasteiger partial charge in [0.2, 0.25) is 0 Å². The molecule has 0 radical (unpaired) electrons. The van der Waals surface area contributed by atoms with Gasteiger partial charge in [0.1, 0.15) is 0 Å². The second-order valence-electron chi connectivity index (χ2n) is 5.16. The number of hydrogen-bond donors (Lipinski definition) is 2. The molecule has 2 rings (SSSR count). The molecule has 0 amide bonds. The van der Waals surface area contributed by atoms with Gasteiger partial charge in [0.05, 0.1) is 0 Å². The van der Waals surface area contributed by atoms with Crippen molar-refractivity contribution in [3.8, 4) is 0 Å². The molecule has 3 unspecified atom stereocenters. The van der Waals surface area contributed by atoms with E-state index in [2.05, 4.69) is 36.7 Å². The van der Waals surface area contributed by atoms with Crippen LogP contribution in [0.5, 0.6) is 0 Å². The van der Waals surface area contributed by atoms with Crippen molar-refractivity contribution >= 4 is 11.3 Å². The molecule has 2 nitrogen and oxygen atoms in total. The highest BCUT2D eigenvalue weighted by molar-refractivity contribution is 7.10. The minimum atomic E-state index is 0.0749. The number of aliphatic hydroxyl groups is 1. The van der Waals surface area contributed by atoms with Crippen LogP contribution in [-0.4, -0.2) is 17.8 Å². The van der Waals surface area contributed by atoms with Crippen LogP contribution in [0, 0.1) is 5.41 Å². The van der Waals surface area contributed by atoms with Crippen LogP contribution < -0.4 is 5.32 Å². The molecule has 1 aromatic heterocycles. The molecular weight excluding hydrogens is 218 g/mol. The first-order valence-electron chi connectivity index (χ1n) is 6.06. The van der Waals surface area contributed by atoms with E-state index in [0.29, 0.717) is 18.7 Å². The average Bonchev–Trinajstić information content (AvgIpc) is 2.89. The maximum absolute atomic E-state index is 9.50. The lowest BCUT2D eigenvalue weighted by molar-refractivity contribution is 0.114. The maximum Gasteiger partial charge on any atom is 0.0499 e. The molecule has 0 spiro atoms. The molecular formula is C13H21NOS. The molecule has 1 aliphatic carbocycles. The van der Waals surface area contributed by atoms with Gasteiger partial charge in [0, 0.05) is 29.0 Å². The van der Waals surface area contributed by atoms with E-state index in [4.69, 9.17) is 0 Å². The van der Waals surface area contributed by atoms with E-state index in [1.54, 1.807) is 11.3 Å². The Kier molecular flexibility index (Phi) is 3.67. The summed E-state index contributed by atoms with van der Waals surface area (Å²) in [5.74, 6) is 0. The van der Waals surface area contributed by atoms with Crippen LogP contribution in [0.2, 0.25) is 0 Å². The Hall–Kier alpha value is -0.380. The molecule has 1 saturated carbocycles. The largest absolute Gasteiger partial charge is 0.396 e. The van der Waals surface area contributed by atoms with Crippen molar-refractivity contribution in [1.82, 2.24) is 5.32 Å².